The number of carbonyl (C=O) groups excluding carboxylic acids is 2. The standard InChI is InChI=1S/C20H22ClFN2O3S/c1-19(2)9-12-14(18(26)27-5)17(28-15(12)20(3,4)24-19)23-16(25)11-7-6-10(22)8-13(11)21/h6-8,24H,9H2,1-5H3,(H,23,25). The SMILES string of the molecule is COC(=O)c1c(NC(=O)c2ccc(F)cc2Cl)sc2c1CC(C)(C)NC2(C)C. The molecule has 0 spiro atoms. The van der Waals surface area contributed by atoms with E-state index in [9.17, 15) is 14.0 Å². The molecule has 0 atom stereocenters. The summed E-state index contributed by atoms with van der Waals surface area (Å²) < 4.78 is 18.3. The number of esters is 1. The fraction of sp³-hybridized carbons (Fsp3) is 0.400. The first-order valence-electron chi connectivity index (χ1n) is 8.75. The van der Waals surface area contributed by atoms with Gasteiger partial charge in [-0.2, -0.15) is 0 Å². The zero-order valence-electron chi connectivity index (χ0n) is 16.3. The van der Waals surface area contributed by atoms with Crippen molar-refractivity contribution in [2.45, 2.75) is 45.2 Å². The summed E-state index contributed by atoms with van der Waals surface area (Å²) in [7, 11) is 1.31. The number of thiophene rings is 1. The highest BCUT2D eigenvalue weighted by atomic mass is 35.5. The number of anilines is 1. The summed E-state index contributed by atoms with van der Waals surface area (Å²) in [6, 6.07) is 3.55. The molecule has 2 heterocycles. The summed E-state index contributed by atoms with van der Waals surface area (Å²) in [5.41, 5.74) is 0.730. The van der Waals surface area contributed by atoms with E-state index in [4.69, 9.17) is 16.3 Å². The van der Waals surface area contributed by atoms with Gasteiger partial charge < -0.3 is 15.4 Å². The maximum Gasteiger partial charge on any atom is 0.341 e. The average molecular weight is 425 g/mol. The quantitative estimate of drug-likeness (QED) is 0.698. The van der Waals surface area contributed by atoms with Gasteiger partial charge in [0.25, 0.3) is 5.91 Å². The highest BCUT2D eigenvalue weighted by molar-refractivity contribution is 7.17. The fourth-order valence-electron chi connectivity index (χ4n) is 3.78. The first-order chi connectivity index (χ1) is 12.9. The Morgan fingerprint density at radius 3 is 2.57 bits per heavy atom. The van der Waals surface area contributed by atoms with E-state index in [1.807, 2.05) is 13.8 Å². The van der Waals surface area contributed by atoms with Gasteiger partial charge in [0.15, 0.2) is 0 Å². The molecule has 0 radical (unpaired) electrons. The number of methoxy groups -OCH3 is 1. The molecular formula is C20H22ClFN2O3S. The number of halogens is 2. The Morgan fingerprint density at radius 2 is 1.96 bits per heavy atom. The van der Waals surface area contributed by atoms with Crippen molar-refractivity contribution in [1.82, 2.24) is 5.32 Å². The smallest absolute Gasteiger partial charge is 0.341 e. The Morgan fingerprint density at radius 1 is 1.29 bits per heavy atom. The lowest BCUT2D eigenvalue weighted by Gasteiger charge is -2.42. The number of fused-ring (bicyclic) bond motifs is 1. The van der Waals surface area contributed by atoms with Crippen LogP contribution < -0.4 is 10.6 Å². The van der Waals surface area contributed by atoms with Crippen molar-refractivity contribution in [1.29, 1.82) is 0 Å². The maximum atomic E-state index is 13.3. The molecule has 0 saturated carbocycles. The second-order valence-electron chi connectivity index (χ2n) is 7.99. The van der Waals surface area contributed by atoms with E-state index in [1.165, 1.54) is 24.5 Å². The summed E-state index contributed by atoms with van der Waals surface area (Å²) in [5.74, 6) is -1.55. The number of rotatable bonds is 3. The summed E-state index contributed by atoms with van der Waals surface area (Å²) in [6.45, 7) is 8.19. The van der Waals surface area contributed by atoms with Crippen LogP contribution in [0.4, 0.5) is 9.39 Å². The molecule has 2 N–H and O–H groups in total. The monoisotopic (exact) mass is 424 g/mol. The predicted molar refractivity (Wildman–Crippen MR) is 109 cm³/mol. The molecule has 3 rings (SSSR count). The summed E-state index contributed by atoms with van der Waals surface area (Å²) in [6.07, 6.45) is 0.611. The lowest BCUT2D eigenvalue weighted by Crippen LogP contribution is -2.55. The van der Waals surface area contributed by atoms with Gasteiger partial charge >= 0.3 is 5.97 Å². The number of hydrogen-bond acceptors (Lipinski definition) is 5. The minimum atomic E-state index is -0.529. The Bertz CT molecular complexity index is 969. The predicted octanol–water partition coefficient (Wildman–Crippen LogP) is 4.74. The molecular weight excluding hydrogens is 403 g/mol. The molecule has 1 aromatic heterocycles. The van der Waals surface area contributed by atoms with Crippen molar-refractivity contribution in [3.05, 3.63) is 50.6 Å². The molecule has 0 fully saturated rings. The van der Waals surface area contributed by atoms with Gasteiger partial charge in [-0.05, 0) is 57.9 Å². The van der Waals surface area contributed by atoms with Crippen molar-refractivity contribution < 1.29 is 18.7 Å². The molecule has 0 saturated heterocycles. The summed E-state index contributed by atoms with van der Waals surface area (Å²) in [5, 5.41) is 6.74. The third kappa shape index (κ3) is 3.79. The zero-order chi connectivity index (χ0) is 20.9. The number of nitrogens with one attached hydrogen (secondary N) is 2. The van der Waals surface area contributed by atoms with E-state index in [-0.39, 0.29) is 21.7 Å². The van der Waals surface area contributed by atoms with Crippen LogP contribution in [0.15, 0.2) is 18.2 Å². The number of ether oxygens (including phenoxy) is 1. The molecule has 28 heavy (non-hydrogen) atoms. The van der Waals surface area contributed by atoms with Crippen molar-refractivity contribution in [3.63, 3.8) is 0 Å². The lowest BCUT2D eigenvalue weighted by molar-refractivity contribution is 0.0600. The van der Waals surface area contributed by atoms with Crippen LogP contribution in [0.2, 0.25) is 5.02 Å². The molecule has 5 nitrogen and oxygen atoms in total. The van der Waals surface area contributed by atoms with Crippen molar-refractivity contribution in [2.24, 2.45) is 0 Å². The van der Waals surface area contributed by atoms with Crippen LogP contribution in [-0.2, 0) is 16.7 Å². The third-order valence-electron chi connectivity index (χ3n) is 4.64. The lowest BCUT2D eigenvalue weighted by atomic mass is 9.81. The fourth-order valence-corrected chi connectivity index (χ4v) is 5.29. The van der Waals surface area contributed by atoms with Crippen molar-refractivity contribution >= 4 is 39.8 Å². The van der Waals surface area contributed by atoms with Crippen LogP contribution in [-0.4, -0.2) is 24.5 Å². The number of hydrogen-bond donors (Lipinski definition) is 2. The highest BCUT2D eigenvalue weighted by Gasteiger charge is 2.42. The molecule has 1 aliphatic rings. The maximum absolute atomic E-state index is 13.3. The normalized spacial score (nSPS) is 17.0. The number of carbonyl (C=O) groups is 2. The molecule has 0 aliphatic carbocycles. The van der Waals surface area contributed by atoms with Gasteiger partial charge in [0.1, 0.15) is 10.8 Å². The van der Waals surface area contributed by atoms with E-state index in [0.717, 1.165) is 22.6 Å². The second-order valence-corrected chi connectivity index (χ2v) is 9.42. The van der Waals surface area contributed by atoms with Gasteiger partial charge in [-0.15, -0.1) is 11.3 Å². The van der Waals surface area contributed by atoms with E-state index >= 15 is 0 Å². The molecule has 1 aromatic carbocycles. The topological polar surface area (TPSA) is 67.4 Å². The average Bonchev–Trinajstić information content (AvgIpc) is 2.90. The van der Waals surface area contributed by atoms with Gasteiger partial charge in [0.2, 0.25) is 0 Å². The van der Waals surface area contributed by atoms with Crippen molar-refractivity contribution in [2.75, 3.05) is 12.4 Å². The first-order valence-corrected chi connectivity index (χ1v) is 9.95. The van der Waals surface area contributed by atoms with Gasteiger partial charge in [0.05, 0.1) is 23.3 Å². The second kappa shape index (κ2) is 7.13. The first kappa shape index (κ1) is 20.8. The molecule has 2 aromatic rings. The Hall–Kier alpha value is -1.96. The Labute approximate surface area is 172 Å². The summed E-state index contributed by atoms with van der Waals surface area (Å²) >= 11 is 7.34. The Balaban J connectivity index is 2.08. The minimum Gasteiger partial charge on any atom is -0.465 e. The van der Waals surface area contributed by atoms with E-state index in [1.54, 1.807) is 0 Å². The molecule has 150 valence electrons. The van der Waals surface area contributed by atoms with Gasteiger partial charge in [0, 0.05) is 16.0 Å². The molecule has 1 aliphatic heterocycles. The van der Waals surface area contributed by atoms with Gasteiger partial charge in [-0.3, -0.25) is 4.79 Å². The van der Waals surface area contributed by atoms with Crippen LogP contribution >= 0.6 is 22.9 Å². The van der Waals surface area contributed by atoms with Crippen LogP contribution in [0.25, 0.3) is 0 Å². The van der Waals surface area contributed by atoms with E-state index < -0.39 is 17.7 Å². The molecule has 0 unspecified atom stereocenters. The van der Waals surface area contributed by atoms with E-state index in [0.29, 0.717) is 17.0 Å². The van der Waals surface area contributed by atoms with Crippen LogP contribution in [0.1, 0.15) is 58.9 Å². The van der Waals surface area contributed by atoms with Crippen molar-refractivity contribution in [3.8, 4) is 0 Å². The molecule has 1 amide bonds. The molecule has 8 heteroatoms. The molecule has 0 bridgehead atoms. The summed E-state index contributed by atoms with van der Waals surface area (Å²) in [4.78, 5) is 26.3. The largest absolute Gasteiger partial charge is 0.465 e. The van der Waals surface area contributed by atoms with Gasteiger partial charge in [-0.25, -0.2) is 9.18 Å². The van der Waals surface area contributed by atoms with Crippen LogP contribution in [0, 0.1) is 5.82 Å². The Kier molecular flexibility index (Phi) is 5.29. The number of amides is 1. The highest BCUT2D eigenvalue weighted by Crippen LogP contribution is 2.45. The van der Waals surface area contributed by atoms with Crippen LogP contribution in [0.5, 0.6) is 0 Å². The van der Waals surface area contributed by atoms with Crippen LogP contribution in [0.3, 0.4) is 0 Å². The zero-order valence-corrected chi connectivity index (χ0v) is 17.9. The van der Waals surface area contributed by atoms with E-state index in [2.05, 4.69) is 24.5 Å². The van der Waals surface area contributed by atoms with Gasteiger partial charge in [-0.1, -0.05) is 11.6 Å². The third-order valence-corrected chi connectivity index (χ3v) is 6.42. The minimum absolute atomic E-state index is 0.00145. The number of benzene rings is 1.